The summed E-state index contributed by atoms with van der Waals surface area (Å²) in [5.74, 6) is 2.64. The third-order valence-corrected chi connectivity index (χ3v) is 22.2. The smallest absolute Gasteiger partial charge is 0.252 e. The number of carbonyl (C=O) groups excluding carboxylic acids is 5. The minimum absolute atomic E-state index is 0.0213. The number of ether oxygens (including phenoxy) is 3. The molecule has 13 heteroatoms. The van der Waals surface area contributed by atoms with Crippen molar-refractivity contribution in [1.29, 1.82) is 0 Å². The molecule has 4 atom stereocenters. The molecule has 0 saturated heterocycles. The Hall–Kier alpha value is -5.59. The molecule has 5 amide bonds. The van der Waals surface area contributed by atoms with E-state index in [4.69, 9.17) is 14.2 Å². The summed E-state index contributed by atoms with van der Waals surface area (Å²) in [4.78, 5) is 66.2. The van der Waals surface area contributed by atoms with E-state index >= 15 is 0 Å². The van der Waals surface area contributed by atoms with E-state index < -0.39 is 17.6 Å². The topological polar surface area (TPSA) is 173 Å². The number of rotatable bonds is 66. The van der Waals surface area contributed by atoms with Crippen LogP contribution >= 0.6 is 0 Å². The SMILES string of the molecule is CCCCCCCCCCCCCCCCCCNC(=O)[C@@H](NC(=O)CCCCCCCCCCOc1ccc2c(c1)Oc1cc(OCCCCCCCCCCC(=O)N[C@H](C(=O)NCCCCCCCCCCCCCCCCCC)[C@@H](C)CC)ccc1C21NC(=O)c2ccccc21)[C@@H](C)CC. The molecule has 5 N–H and O–H groups in total. The summed E-state index contributed by atoms with van der Waals surface area (Å²) in [5.41, 5.74) is 2.35. The third kappa shape index (κ3) is 35.1. The van der Waals surface area contributed by atoms with Crippen LogP contribution in [-0.2, 0) is 24.7 Å². The summed E-state index contributed by atoms with van der Waals surface area (Å²) in [6.07, 6.45) is 61.7. The summed E-state index contributed by atoms with van der Waals surface area (Å²) in [5, 5.41) is 15.8. The Morgan fingerprint density at radius 1 is 0.388 bits per heavy atom. The molecule has 0 saturated carbocycles. The fraction of sp³-hybridized carbons (Fsp3) is 0.744. The molecule has 5 rings (SSSR count). The van der Waals surface area contributed by atoms with Gasteiger partial charge in [0.05, 0.1) is 13.2 Å². The highest BCUT2D eigenvalue weighted by Crippen LogP contribution is 2.54. The quantitative estimate of drug-likeness (QED) is 0.0347. The number of benzene rings is 3. The molecule has 1 spiro atoms. The number of amides is 5. The van der Waals surface area contributed by atoms with Crippen molar-refractivity contribution in [3.8, 4) is 23.0 Å². The molecule has 2 aliphatic rings. The Balaban J connectivity index is 0.899. The van der Waals surface area contributed by atoms with Crippen LogP contribution in [0.25, 0.3) is 0 Å². The van der Waals surface area contributed by atoms with Gasteiger partial charge in [-0.15, -0.1) is 0 Å². The molecule has 0 aliphatic carbocycles. The van der Waals surface area contributed by atoms with Gasteiger partial charge in [-0.25, -0.2) is 0 Å². The average molecular weight is 1430 g/mol. The van der Waals surface area contributed by atoms with Crippen LogP contribution in [0.15, 0.2) is 60.7 Å². The number of unbranched alkanes of at least 4 members (excludes halogenated alkanes) is 44. The highest BCUT2D eigenvalue weighted by molar-refractivity contribution is 6.02. The minimum Gasteiger partial charge on any atom is -0.493 e. The van der Waals surface area contributed by atoms with Gasteiger partial charge in [0.2, 0.25) is 23.6 Å². The van der Waals surface area contributed by atoms with Crippen molar-refractivity contribution in [2.45, 2.75) is 393 Å². The maximum Gasteiger partial charge on any atom is 0.252 e. The maximum atomic E-state index is 13.7. The van der Waals surface area contributed by atoms with E-state index in [0.717, 1.165) is 169 Å². The van der Waals surface area contributed by atoms with Crippen LogP contribution in [0, 0.1) is 11.8 Å². The summed E-state index contributed by atoms with van der Waals surface area (Å²) >= 11 is 0. The number of carbonyl (C=O) groups is 5. The third-order valence-electron chi connectivity index (χ3n) is 22.2. The molecule has 103 heavy (non-hydrogen) atoms. The number of nitrogens with one attached hydrogen (secondary N) is 5. The zero-order chi connectivity index (χ0) is 73.6. The van der Waals surface area contributed by atoms with E-state index in [1.807, 2.05) is 60.7 Å². The largest absolute Gasteiger partial charge is 0.493 e. The van der Waals surface area contributed by atoms with Gasteiger partial charge in [-0.3, -0.25) is 24.0 Å². The van der Waals surface area contributed by atoms with Crippen molar-refractivity contribution in [2.24, 2.45) is 11.8 Å². The van der Waals surface area contributed by atoms with Crippen LogP contribution in [0.5, 0.6) is 23.0 Å². The molecular formula is C90H149N5O8. The van der Waals surface area contributed by atoms with E-state index in [2.05, 4.69) is 68.1 Å². The van der Waals surface area contributed by atoms with Gasteiger partial charge in [-0.2, -0.15) is 0 Å². The van der Waals surface area contributed by atoms with Gasteiger partial charge in [-0.1, -0.05) is 342 Å². The molecule has 0 bridgehead atoms. The maximum absolute atomic E-state index is 13.7. The van der Waals surface area contributed by atoms with E-state index in [9.17, 15) is 24.0 Å². The van der Waals surface area contributed by atoms with Crippen molar-refractivity contribution < 1.29 is 38.2 Å². The first-order valence-corrected chi connectivity index (χ1v) is 43.3. The van der Waals surface area contributed by atoms with Crippen LogP contribution in [0.1, 0.15) is 402 Å². The molecule has 3 aromatic carbocycles. The van der Waals surface area contributed by atoms with Gasteiger partial charge >= 0.3 is 0 Å². The number of hydrogen-bond donors (Lipinski definition) is 5. The molecule has 582 valence electrons. The Morgan fingerprint density at radius 2 is 0.699 bits per heavy atom. The second kappa shape index (κ2) is 55.8. The molecule has 0 aromatic heterocycles. The molecule has 0 fully saturated rings. The number of hydrogen-bond acceptors (Lipinski definition) is 8. The van der Waals surface area contributed by atoms with Gasteiger partial charge in [0.25, 0.3) is 5.91 Å². The van der Waals surface area contributed by atoms with E-state index in [1.54, 1.807) is 0 Å². The molecule has 13 nitrogen and oxygen atoms in total. The number of fused-ring (bicyclic) bond motifs is 6. The fourth-order valence-corrected chi connectivity index (χ4v) is 15.1. The van der Waals surface area contributed by atoms with Crippen LogP contribution in [0.2, 0.25) is 0 Å². The lowest BCUT2D eigenvalue weighted by molar-refractivity contribution is -0.130. The van der Waals surface area contributed by atoms with Crippen LogP contribution < -0.4 is 40.8 Å². The summed E-state index contributed by atoms with van der Waals surface area (Å²) in [6.45, 7) is 15.4. The normalized spacial score (nSPS) is 13.8. The van der Waals surface area contributed by atoms with E-state index in [1.165, 1.54) is 180 Å². The Kier molecular flexibility index (Phi) is 47.7. The summed E-state index contributed by atoms with van der Waals surface area (Å²) in [7, 11) is 0. The van der Waals surface area contributed by atoms with Crippen molar-refractivity contribution in [2.75, 3.05) is 26.3 Å². The van der Waals surface area contributed by atoms with Crippen molar-refractivity contribution >= 4 is 29.5 Å². The fourth-order valence-electron chi connectivity index (χ4n) is 15.1. The molecule has 2 heterocycles. The van der Waals surface area contributed by atoms with E-state index in [0.29, 0.717) is 56.2 Å². The van der Waals surface area contributed by atoms with Gasteiger partial charge < -0.3 is 40.8 Å². The predicted octanol–water partition coefficient (Wildman–Crippen LogP) is 23.4. The van der Waals surface area contributed by atoms with Crippen LogP contribution in [0.4, 0.5) is 0 Å². The highest BCUT2D eigenvalue weighted by atomic mass is 16.5. The zero-order valence-electron chi connectivity index (χ0n) is 66.4. The van der Waals surface area contributed by atoms with Gasteiger partial charge in [0.15, 0.2) is 0 Å². The van der Waals surface area contributed by atoms with Crippen LogP contribution in [-0.4, -0.2) is 67.9 Å². The Labute approximate surface area is 628 Å². The Morgan fingerprint density at radius 3 is 1.04 bits per heavy atom. The lowest BCUT2D eigenvalue weighted by atomic mass is 9.76. The minimum atomic E-state index is -0.926. The molecule has 2 aliphatic heterocycles. The van der Waals surface area contributed by atoms with Gasteiger partial charge in [0.1, 0.15) is 40.6 Å². The second-order valence-corrected chi connectivity index (χ2v) is 31.1. The lowest BCUT2D eigenvalue weighted by Crippen LogP contribution is -2.50. The second-order valence-electron chi connectivity index (χ2n) is 31.1. The molecule has 0 unspecified atom stereocenters. The Bertz CT molecular complexity index is 2600. The molecule has 0 radical (unpaired) electrons. The standard InChI is InChI=1S/C90H149N5O8/c1-7-11-13-15-17-19-21-23-25-27-29-31-35-41-47-55-67-91-88(99)85(73(5)9-3)93-83(96)61-51-45-39-33-37-43-49-57-69-101-75-63-65-79-81(71-75)103-82-72-76(64-66-80(82)90(79)78-60-54-53-59-77(78)87(98)95-90)102-70-58-50-44-38-34-40-46-52-62-84(97)94-86(74(6)10-4)89(100)92-68-56-48-42-36-32-30-28-26-24-22-20-18-16-14-12-8-2/h53-54,59-60,63-66,71-74,85-86H,7-52,55-58,61-62,67-70H2,1-6H3,(H,91,99)(H,92,100)(H,93,96)(H,94,97)(H,95,98)/t73-,74-,85-,86-/m0/s1. The van der Waals surface area contributed by atoms with Crippen molar-refractivity contribution in [3.05, 3.63) is 82.9 Å². The van der Waals surface area contributed by atoms with Gasteiger partial charge in [0, 0.05) is 54.8 Å². The first-order chi connectivity index (χ1) is 50.5. The van der Waals surface area contributed by atoms with Gasteiger partial charge in [-0.05, 0) is 86.3 Å². The molecule has 3 aromatic rings. The lowest BCUT2D eigenvalue weighted by Gasteiger charge is -2.38. The summed E-state index contributed by atoms with van der Waals surface area (Å²) < 4.78 is 19.4. The van der Waals surface area contributed by atoms with E-state index in [-0.39, 0.29) is 41.4 Å². The first kappa shape index (κ1) is 88.0. The summed E-state index contributed by atoms with van der Waals surface area (Å²) in [6, 6.07) is 18.8. The highest BCUT2D eigenvalue weighted by Gasteiger charge is 2.51. The van der Waals surface area contributed by atoms with Crippen molar-refractivity contribution in [3.63, 3.8) is 0 Å². The predicted molar refractivity (Wildman–Crippen MR) is 429 cm³/mol. The first-order valence-electron chi connectivity index (χ1n) is 43.3. The molecular weight excluding hydrogens is 1280 g/mol. The monoisotopic (exact) mass is 1430 g/mol. The van der Waals surface area contributed by atoms with Crippen LogP contribution in [0.3, 0.4) is 0 Å². The zero-order valence-corrected chi connectivity index (χ0v) is 66.4. The average Bonchev–Trinajstić information content (AvgIpc) is 1.61. The van der Waals surface area contributed by atoms with Crippen molar-refractivity contribution in [1.82, 2.24) is 26.6 Å².